The predicted octanol–water partition coefficient (Wildman–Crippen LogP) is 3.58. The number of fused-ring (bicyclic) bond motifs is 1. The van der Waals surface area contributed by atoms with E-state index in [9.17, 15) is 9.59 Å². The van der Waals surface area contributed by atoms with E-state index in [-0.39, 0.29) is 17.6 Å². The summed E-state index contributed by atoms with van der Waals surface area (Å²) in [6, 6.07) is 8.58. The highest BCUT2D eigenvalue weighted by molar-refractivity contribution is 8.01. The summed E-state index contributed by atoms with van der Waals surface area (Å²) in [7, 11) is 2.12. The molecule has 2 aromatic heterocycles. The van der Waals surface area contributed by atoms with Gasteiger partial charge in [0.25, 0.3) is 0 Å². The number of hydrogen-bond acceptors (Lipinski definition) is 6. The van der Waals surface area contributed by atoms with Gasteiger partial charge >= 0.3 is 5.97 Å². The number of aromatic amines is 1. The summed E-state index contributed by atoms with van der Waals surface area (Å²) >= 11 is 2.85. The third kappa shape index (κ3) is 5.28. The molecule has 1 aromatic carbocycles. The van der Waals surface area contributed by atoms with Crippen molar-refractivity contribution in [1.29, 1.82) is 0 Å². The van der Waals surface area contributed by atoms with Gasteiger partial charge in [-0.3, -0.25) is 4.79 Å². The minimum Gasteiger partial charge on any atom is -0.476 e. The van der Waals surface area contributed by atoms with Crippen LogP contribution in [0.15, 0.2) is 40.2 Å². The molecule has 7 nitrogen and oxygen atoms in total. The van der Waals surface area contributed by atoms with E-state index < -0.39 is 5.97 Å². The first kappa shape index (κ1) is 21.9. The summed E-state index contributed by atoms with van der Waals surface area (Å²) in [5, 5.41) is 11.8. The lowest BCUT2D eigenvalue weighted by Gasteiger charge is -2.28. The summed E-state index contributed by atoms with van der Waals surface area (Å²) in [6.07, 6.45) is 4.55. The Hall–Kier alpha value is -2.36. The summed E-state index contributed by atoms with van der Waals surface area (Å²) in [4.78, 5) is 35.1. The quantitative estimate of drug-likeness (QED) is 0.452. The molecule has 2 N–H and O–H groups in total. The Morgan fingerprint density at radius 1 is 1.42 bits per heavy atom. The van der Waals surface area contributed by atoms with Crippen LogP contribution in [-0.2, 0) is 11.2 Å². The van der Waals surface area contributed by atoms with Gasteiger partial charge in [-0.05, 0) is 31.5 Å². The number of hydrogen-bond donors (Lipinski definition) is 2. The molecule has 1 aliphatic heterocycles. The third-order valence-corrected chi connectivity index (χ3v) is 7.67. The van der Waals surface area contributed by atoms with Crippen molar-refractivity contribution in [3.8, 4) is 0 Å². The van der Waals surface area contributed by atoms with Gasteiger partial charge in [-0.25, -0.2) is 9.78 Å². The molecule has 9 heteroatoms. The predicted molar refractivity (Wildman–Crippen MR) is 124 cm³/mol. The van der Waals surface area contributed by atoms with E-state index in [2.05, 4.69) is 46.3 Å². The van der Waals surface area contributed by atoms with Crippen molar-refractivity contribution in [2.45, 2.75) is 29.6 Å². The standard InChI is InChI=1S/C22H26N4O3S2/c1-25(9-8-15-12-23-18-5-3-2-4-17(15)18)13-16-6-7-20(27)26(16)10-11-30-22-24-19(14-31-22)21(28)29/h2-5,12,14,16,23H,6-11,13H2,1H3,(H,28,29)/t16-/m1/s1. The van der Waals surface area contributed by atoms with E-state index in [1.165, 1.54) is 39.6 Å². The van der Waals surface area contributed by atoms with Gasteiger partial charge in [0, 0.05) is 60.3 Å². The number of likely N-dealkylation sites (N-methyl/N-ethyl adjacent to an activating group) is 1. The smallest absolute Gasteiger partial charge is 0.355 e. The third-order valence-electron chi connectivity index (χ3n) is 5.67. The lowest BCUT2D eigenvalue weighted by atomic mass is 10.1. The number of thioether (sulfide) groups is 1. The summed E-state index contributed by atoms with van der Waals surface area (Å²) in [6.45, 7) is 2.46. The average Bonchev–Trinajstić information content (AvgIpc) is 3.47. The monoisotopic (exact) mass is 458 g/mol. The van der Waals surface area contributed by atoms with E-state index in [0.29, 0.717) is 18.7 Å². The molecule has 0 unspecified atom stereocenters. The summed E-state index contributed by atoms with van der Waals surface area (Å²) in [5.41, 5.74) is 2.57. The van der Waals surface area contributed by atoms with Crippen LogP contribution in [0.1, 0.15) is 28.9 Å². The highest BCUT2D eigenvalue weighted by atomic mass is 32.2. The number of likely N-dealkylation sites (tertiary alicyclic amines) is 1. The van der Waals surface area contributed by atoms with Gasteiger partial charge in [-0.15, -0.1) is 11.3 Å². The summed E-state index contributed by atoms with van der Waals surface area (Å²) < 4.78 is 0.733. The molecule has 1 amide bonds. The number of para-hydroxylation sites is 1. The molecule has 0 radical (unpaired) electrons. The number of aromatic nitrogens is 2. The second-order valence-electron chi connectivity index (χ2n) is 7.80. The Bertz CT molecular complexity index is 1060. The van der Waals surface area contributed by atoms with Crippen LogP contribution in [0.5, 0.6) is 0 Å². The SMILES string of the molecule is CN(CCc1c[nH]c2ccccc12)C[C@H]1CCC(=O)N1CCSc1nc(C(=O)O)cs1. The van der Waals surface area contributed by atoms with Crippen LogP contribution < -0.4 is 0 Å². The molecule has 1 saturated heterocycles. The van der Waals surface area contributed by atoms with Crippen LogP contribution in [0.4, 0.5) is 0 Å². The highest BCUT2D eigenvalue weighted by Gasteiger charge is 2.31. The van der Waals surface area contributed by atoms with Crippen LogP contribution in [0.2, 0.25) is 0 Å². The number of nitrogens with one attached hydrogen (secondary N) is 1. The number of nitrogens with zero attached hydrogens (tertiary/aromatic N) is 3. The molecule has 0 bridgehead atoms. The number of carboxylic acid groups (broad SMARTS) is 1. The van der Waals surface area contributed by atoms with Crippen LogP contribution in [0.3, 0.4) is 0 Å². The first-order valence-electron chi connectivity index (χ1n) is 10.4. The van der Waals surface area contributed by atoms with E-state index in [1.54, 1.807) is 5.38 Å². The minimum absolute atomic E-state index is 0.0828. The fourth-order valence-electron chi connectivity index (χ4n) is 4.04. The average molecular weight is 459 g/mol. The molecule has 164 valence electrons. The van der Waals surface area contributed by atoms with Crippen molar-refractivity contribution in [3.63, 3.8) is 0 Å². The van der Waals surface area contributed by atoms with Gasteiger partial charge in [0.15, 0.2) is 10.0 Å². The molecule has 1 atom stereocenters. The first-order valence-corrected chi connectivity index (χ1v) is 12.2. The Kier molecular flexibility index (Phi) is 6.94. The number of amides is 1. The lowest BCUT2D eigenvalue weighted by Crippen LogP contribution is -2.42. The van der Waals surface area contributed by atoms with E-state index in [0.717, 1.165) is 30.3 Å². The van der Waals surface area contributed by atoms with Gasteiger partial charge < -0.3 is 19.9 Å². The van der Waals surface area contributed by atoms with Gasteiger partial charge in [-0.2, -0.15) is 0 Å². The zero-order valence-corrected chi connectivity index (χ0v) is 19.0. The molecule has 0 spiro atoms. The van der Waals surface area contributed by atoms with Crippen LogP contribution in [0, 0.1) is 0 Å². The van der Waals surface area contributed by atoms with E-state index in [1.807, 2.05) is 11.0 Å². The fraction of sp³-hybridized carbons (Fsp3) is 0.409. The number of thiazole rings is 1. The van der Waals surface area contributed by atoms with Crippen molar-refractivity contribution < 1.29 is 14.7 Å². The normalized spacial score (nSPS) is 16.6. The highest BCUT2D eigenvalue weighted by Crippen LogP contribution is 2.25. The van der Waals surface area contributed by atoms with Gasteiger partial charge in [0.05, 0.1) is 0 Å². The van der Waals surface area contributed by atoms with Crippen molar-refractivity contribution in [3.05, 3.63) is 47.1 Å². The number of carbonyl (C=O) groups excluding carboxylic acids is 1. The first-order chi connectivity index (χ1) is 15.0. The largest absolute Gasteiger partial charge is 0.476 e. The zero-order valence-electron chi connectivity index (χ0n) is 17.4. The van der Waals surface area contributed by atoms with E-state index >= 15 is 0 Å². The minimum atomic E-state index is -1.01. The van der Waals surface area contributed by atoms with Crippen molar-refractivity contribution >= 4 is 45.9 Å². The number of rotatable bonds is 10. The fourth-order valence-corrected chi connectivity index (χ4v) is 5.85. The maximum Gasteiger partial charge on any atom is 0.355 e. The Labute approximate surface area is 189 Å². The second kappa shape index (κ2) is 9.84. The van der Waals surface area contributed by atoms with Crippen molar-refractivity contribution in [2.24, 2.45) is 0 Å². The Morgan fingerprint density at radius 2 is 2.26 bits per heavy atom. The second-order valence-corrected chi connectivity index (χ2v) is 10.0. The molecular weight excluding hydrogens is 432 g/mol. The molecule has 31 heavy (non-hydrogen) atoms. The molecule has 1 aliphatic rings. The topological polar surface area (TPSA) is 89.5 Å². The Balaban J connectivity index is 1.26. The number of benzene rings is 1. The molecule has 3 aromatic rings. The van der Waals surface area contributed by atoms with Gasteiger partial charge in [0.1, 0.15) is 0 Å². The molecule has 3 heterocycles. The zero-order chi connectivity index (χ0) is 21.8. The van der Waals surface area contributed by atoms with Gasteiger partial charge in [0.2, 0.25) is 5.91 Å². The number of H-pyrrole nitrogens is 1. The van der Waals surface area contributed by atoms with Gasteiger partial charge in [-0.1, -0.05) is 30.0 Å². The van der Waals surface area contributed by atoms with E-state index in [4.69, 9.17) is 5.11 Å². The summed E-state index contributed by atoms with van der Waals surface area (Å²) in [5.74, 6) is -0.0806. The van der Waals surface area contributed by atoms with Crippen molar-refractivity contribution in [1.82, 2.24) is 19.8 Å². The maximum atomic E-state index is 12.4. The molecular formula is C22H26N4O3S2. The van der Waals surface area contributed by atoms with Crippen LogP contribution in [-0.4, -0.2) is 75.2 Å². The number of aromatic carboxylic acids is 1. The van der Waals surface area contributed by atoms with Crippen LogP contribution >= 0.6 is 23.1 Å². The van der Waals surface area contributed by atoms with Crippen molar-refractivity contribution in [2.75, 3.05) is 32.4 Å². The van der Waals surface area contributed by atoms with Crippen LogP contribution in [0.25, 0.3) is 10.9 Å². The number of carbonyl (C=O) groups is 2. The lowest BCUT2D eigenvalue weighted by molar-refractivity contribution is -0.128. The maximum absolute atomic E-state index is 12.4. The molecule has 4 rings (SSSR count). The Morgan fingerprint density at radius 3 is 3.06 bits per heavy atom. The molecule has 0 saturated carbocycles. The molecule has 1 fully saturated rings. The molecule has 0 aliphatic carbocycles. The number of carboxylic acids is 1.